The van der Waals surface area contributed by atoms with Gasteiger partial charge in [0, 0.05) is 23.2 Å². The predicted octanol–water partition coefficient (Wildman–Crippen LogP) is 3.43. The summed E-state index contributed by atoms with van der Waals surface area (Å²) in [4.78, 5) is 7.19. The van der Waals surface area contributed by atoms with Crippen LogP contribution in [-0.4, -0.2) is 26.8 Å². The smallest absolute Gasteiger partial charge is 0.126 e. The van der Waals surface area contributed by atoms with Crippen molar-refractivity contribution in [1.82, 2.24) is 20.2 Å². The van der Waals surface area contributed by atoms with Crippen molar-refractivity contribution < 1.29 is 4.74 Å². The Hall–Kier alpha value is -2.82. The van der Waals surface area contributed by atoms with E-state index >= 15 is 0 Å². The summed E-state index contributed by atoms with van der Waals surface area (Å²) in [6.45, 7) is 2.73. The number of fused-ring (bicyclic) bond motifs is 1. The first-order valence-corrected chi connectivity index (χ1v) is 7.28. The SMILES string of the molecule is Cc1[nH]ncc1-c1ccc2c(c1)C(=Cc1cnc[nH]1)CCO2. The molecule has 0 atom stereocenters. The van der Waals surface area contributed by atoms with Crippen molar-refractivity contribution in [2.24, 2.45) is 0 Å². The Morgan fingerprint density at radius 3 is 2.95 bits per heavy atom. The van der Waals surface area contributed by atoms with Gasteiger partial charge in [-0.05, 0) is 36.3 Å². The van der Waals surface area contributed by atoms with Crippen molar-refractivity contribution >= 4 is 11.6 Å². The van der Waals surface area contributed by atoms with Gasteiger partial charge in [-0.25, -0.2) is 4.98 Å². The first-order chi connectivity index (χ1) is 10.8. The van der Waals surface area contributed by atoms with Crippen LogP contribution in [0.15, 0.2) is 36.9 Å². The summed E-state index contributed by atoms with van der Waals surface area (Å²) in [5, 5.41) is 7.09. The van der Waals surface area contributed by atoms with Crippen molar-refractivity contribution in [3.63, 3.8) is 0 Å². The number of nitrogens with one attached hydrogen (secondary N) is 2. The number of aromatic amines is 2. The standard InChI is InChI=1S/C17H16N4O/c1-11-16(9-20-21-11)12-2-3-17-15(7-12)13(4-5-22-17)6-14-8-18-10-19-14/h2-3,6-10H,4-5H2,1H3,(H,18,19)(H,20,21). The average molecular weight is 292 g/mol. The highest BCUT2D eigenvalue weighted by Crippen LogP contribution is 2.37. The molecule has 0 aliphatic carbocycles. The molecule has 4 rings (SSSR count). The largest absolute Gasteiger partial charge is 0.493 e. The van der Waals surface area contributed by atoms with Gasteiger partial charge in [0.15, 0.2) is 0 Å². The minimum Gasteiger partial charge on any atom is -0.493 e. The molecule has 0 amide bonds. The van der Waals surface area contributed by atoms with Crippen molar-refractivity contribution in [1.29, 1.82) is 0 Å². The summed E-state index contributed by atoms with van der Waals surface area (Å²) in [6.07, 6.45) is 8.41. The van der Waals surface area contributed by atoms with Gasteiger partial charge in [0.05, 0.1) is 31.0 Å². The topological polar surface area (TPSA) is 66.6 Å². The van der Waals surface area contributed by atoms with Gasteiger partial charge in [0.25, 0.3) is 0 Å². The molecular weight excluding hydrogens is 276 g/mol. The number of aromatic nitrogens is 4. The van der Waals surface area contributed by atoms with Crippen LogP contribution >= 0.6 is 0 Å². The third-order valence-electron chi connectivity index (χ3n) is 3.94. The van der Waals surface area contributed by atoms with Crippen molar-refractivity contribution in [3.05, 3.63) is 53.9 Å². The van der Waals surface area contributed by atoms with Gasteiger partial charge >= 0.3 is 0 Å². The van der Waals surface area contributed by atoms with Gasteiger partial charge in [0.1, 0.15) is 5.75 Å². The van der Waals surface area contributed by atoms with E-state index in [1.54, 1.807) is 6.33 Å². The Kier molecular flexibility index (Phi) is 3.04. The first-order valence-electron chi connectivity index (χ1n) is 7.28. The molecule has 0 radical (unpaired) electrons. The van der Waals surface area contributed by atoms with Crippen LogP contribution in [0.25, 0.3) is 22.8 Å². The Morgan fingerprint density at radius 1 is 1.23 bits per heavy atom. The molecule has 0 spiro atoms. The van der Waals surface area contributed by atoms with Crippen molar-refractivity contribution in [2.75, 3.05) is 6.61 Å². The number of nitrogens with zero attached hydrogens (tertiary/aromatic N) is 2. The average Bonchev–Trinajstić information content (AvgIpc) is 3.19. The second-order valence-electron chi connectivity index (χ2n) is 5.39. The second kappa shape index (κ2) is 5.18. The van der Waals surface area contributed by atoms with E-state index < -0.39 is 0 Å². The highest BCUT2D eigenvalue weighted by molar-refractivity contribution is 5.86. The summed E-state index contributed by atoms with van der Waals surface area (Å²) in [7, 11) is 0. The fourth-order valence-electron chi connectivity index (χ4n) is 2.80. The fraction of sp³-hybridized carbons (Fsp3) is 0.176. The first kappa shape index (κ1) is 12.9. The number of rotatable bonds is 2. The van der Waals surface area contributed by atoms with Gasteiger partial charge in [0.2, 0.25) is 0 Å². The molecule has 0 bridgehead atoms. The Balaban J connectivity index is 1.81. The Morgan fingerprint density at radius 2 is 2.18 bits per heavy atom. The zero-order valence-electron chi connectivity index (χ0n) is 12.3. The summed E-state index contributed by atoms with van der Waals surface area (Å²) in [5.41, 5.74) is 6.73. The van der Waals surface area contributed by atoms with Gasteiger partial charge in [-0.15, -0.1) is 0 Å². The summed E-state index contributed by atoms with van der Waals surface area (Å²) in [5.74, 6) is 0.932. The Bertz CT molecular complexity index is 830. The minimum atomic E-state index is 0.705. The number of aryl methyl sites for hydroxylation is 1. The lowest BCUT2D eigenvalue weighted by Crippen LogP contribution is -2.07. The van der Waals surface area contributed by atoms with E-state index in [2.05, 4.69) is 38.4 Å². The minimum absolute atomic E-state index is 0.705. The number of H-pyrrole nitrogens is 2. The molecular formula is C17H16N4O. The van der Waals surface area contributed by atoms with Crippen LogP contribution in [0, 0.1) is 6.92 Å². The maximum absolute atomic E-state index is 5.79. The van der Waals surface area contributed by atoms with Crippen LogP contribution in [0.4, 0.5) is 0 Å². The molecule has 0 saturated carbocycles. The van der Waals surface area contributed by atoms with Crippen LogP contribution in [-0.2, 0) is 0 Å². The summed E-state index contributed by atoms with van der Waals surface area (Å²) in [6, 6.07) is 6.29. The molecule has 22 heavy (non-hydrogen) atoms. The maximum atomic E-state index is 5.79. The van der Waals surface area contributed by atoms with E-state index in [0.29, 0.717) is 6.61 Å². The fourth-order valence-corrected chi connectivity index (χ4v) is 2.80. The van der Waals surface area contributed by atoms with E-state index in [1.165, 1.54) is 5.57 Å². The molecule has 2 N–H and O–H groups in total. The molecule has 110 valence electrons. The number of hydrogen-bond acceptors (Lipinski definition) is 3. The quantitative estimate of drug-likeness (QED) is 0.760. The molecule has 0 unspecified atom stereocenters. The van der Waals surface area contributed by atoms with Crippen LogP contribution < -0.4 is 4.74 Å². The van der Waals surface area contributed by atoms with Crippen LogP contribution in [0.1, 0.15) is 23.4 Å². The summed E-state index contributed by atoms with van der Waals surface area (Å²) < 4.78 is 5.79. The molecule has 1 aliphatic heterocycles. The number of benzene rings is 1. The van der Waals surface area contributed by atoms with E-state index in [1.807, 2.05) is 25.4 Å². The molecule has 3 aromatic rings. The third-order valence-corrected chi connectivity index (χ3v) is 3.94. The molecule has 1 aliphatic rings. The van der Waals surface area contributed by atoms with E-state index in [4.69, 9.17) is 4.74 Å². The molecule has 2 aromatic heterocycles. The molecule has 5 nitrogen and oxygen atoms in total. The highest BCUT2D eigenvalue weighted by Gasteiger charge is 2.17. The predicted molar refractivity (Wildman–Crippen MR) is 85.3 cm³/mol. The highest BCUT2D eigenvalue weighted by atomic mass is 16.5. The number of ether oxygens (including phenoxy) is 1. The lowest BCUT2D eigenvalue weighted by molar-refractivity contribution is 0.317. The third kappa shape index (κ3) is 2.20. The van der Waals surface area contributed by atoms with E-state index in [0.717, 1.165) is 40.2 Å². The lowest BCUT2D eigenvalue weighted by Gasteiger charge is -2.21. The maximum Gasteiger partial charge on any atom is 0.126 e. The zero-order chi connectivity index (χ0) is 14.9. The number of hydrogen-bond donors (Lipinski definition) is 2. The second-order valence-corrected chi connectivity index (χ2v) is 5.39. The van der Waals surface area contributed by atoms with Gasteiger partial charge in [-0.2, -0.15) is 5.10 Å². The zero-order valence-corrected chi connectivity index (χ0v) is 12.3. The van der Waals surface area contributed by atoms with E-state index in [-0.39, 0.29) is 0 Å². The molecule has 3 heterocycles. The molecule has 0 fully saturated rings. The van der Waals surface area contributed by atoms with Crippen LogP contribution in [0.2, 0.25) is 0 Å². The monoisotopic (exact) mass is 292 g/mol. The van der Waals surface area contributed by atoms with E-state index in [9.17, 15) is 0 Å². The molecule has 1 aromatic carbocycles. The Labute approximate surface area is 128 Å². The summed E-state index contributed by atoms with van der Waals surface area (Å²) >= 11 is 0. The van der Waals surface area contributed by atoms with Gasteiger partial charge in [-0.1, -0.05) is 6.07 Å². The van der Waals surface area contributed by atoms with Gasteiger partial charge < -0.3 is 9.72 Å². The molecule has 5 heteroatoms. The molecule has 0 saturated heterocycles. The van der Waals surface area contributed by atoms with Crippen molar-refractivity contribution in [2.45, 2.75) is 13.3 Å². The normalized spacial score (nSPS) is 15.6. The van der Waals surface area contributed by atoms with Crippen LogP contribution in [0.3, 0.4) is 0 Å². The van der Waals surface area contributed by atoms with Gasteiger partial charge in [-0.3, -0.25) is 5.10 Å². The number of imidazole rings is 1. The van der Waals surface area contributed by atoms with Crippen LogP contribution in [0.5, 0.6) is 5.75 Å². The lowest BCUT2D eigenvalue weighted by atomic mass is 9.94. The van der Waals surface area contributed by atoms with Crippen molar-refractivity contribution in [3.8, 4) is 16.9 Å².